The lowest BCUT2D eigenvalue weighted by Gasteiger charge is -2.19. The zero-order chi connectivity index (χ0) is 15.7. The van der Waals surface area contributed by atoms with Crippen molar-refractivity contribution < 1.29 is 19.1 Å². The van der Waals surface area contributed by atoms with Crippen LogP contribution in [0.25, 0.3) is 0 Å². The molecular weight excluding hydrogens is 272 g/mol. The molecule has 6 heteroatoms. The zero-order valence-electron chi connectivity index (χ0n) is 12.7. The first-order valence-corrected chi connectivity index (χ1v) is 6.67. The number of hydrogen-bond donors (Lipinski definition) is 0. The molecular formula is C15H22N2O4. The zero-order valence-corrected chi connectivity index (χ0v) is 12.7. The van der Waals surface area contributed by atoms with Crippen LogP contribution < -0.4 is 0 Å². The van der Waals surface area contributed by atoms with Gasteiger partial charge < -0.3 is 19.3 Å². The van der Waals surface area contributed by atoms with Crippen molar-refractivity contribution in [2.45, 2.75) is 6.54 Å². The Morgan fingerprint density at radius 2 is 1.81 bits per heavy atom. The number of carbonyl (C=O) groups is 2. The van der Waals surface area contributed by atoms with Gasteiger partial charge in [-0.2, -0.15) is 0 Å². The van der Waals surface area contributed by atoms with E-state index in [1.165, 1.54) is 0 Å². The fourth-order valence-electron chi connectivity index (χ4n) is 1.71. The predicted octanol–water partition coefficient (Wildman–Crippen LogP) is 0.967. The molecule has 0 saturated carbocycles. The van der Waals surface area contributed by atoms with Gasteiger partial charge in [-0.25, -0.2) is 4.79 Å². The molecule has 0 saturated heterocycles. The molecule has 6 nitrogen and oxygen atoms in total. The van der Waals surface area contributed by atoms with Crippen molar-refractivity contribution in [2.24, 2.45) is 0 Å². The lowest BCUT2D eigenvalue weighted by molar-refractivity contribution is -0.136. The van der Waals surface area contributed by atoms with Crippen LogP contribution in [0.5, 0.6) is 0 Å². The molecule has 1 aromatic rings. The average molecular weight is 294 g/mol. The molecule has 0 spiro atoms. The standard InChI is InChI=1S/C15H22N2O4/c1-16(2)8-9-17(3)10-13-4-6-14(7-5-13)15(19)21-12-20-11-18/h4-7,11H,8-10,12H2,1-3H3. The van der Waals surface area contributed by atoms with Crippen LogP contribution >= 0.6 is 0 Å². The van der Waals surface area contributed by atoms with Crippen molar-refractivity contribution in [3.05, 3.63) is 35.4 Å². The first-order chi connectivity index (χ1) is 10.0. The second-order valence-electron chi connectivity index (χ2n) is 5.05. The Morgan fingerprint density at radius 1 is 1.14 bits per heavy atom. The van der Waals surface area contributed by atoms with E-state index in [1.54, 1.807) is 12.1 Å². The van der Waals surface area contributed by atoms with Crippen LogP contribution in [0, 0.1) is 0 Å². The minimum Gasteiger partial charge on any atom is -0.430 e. The van der Waals surface area contributed by atoms with E-state index in [0.29, 0.717) is 5.56 Å². The molecule has 0 heterocycles. The van der Waals surface area contributed by atoms with Crippen LogP contribution in [-0.4, -0.2) is 63.3 Å². The number of likely N-dealkylation sites (N-methyl/N-ethyl adjacent to an activating group) is 2. The van der Waals surface area contributed by atoms with Gasteiger partial charge in [-0.3, -0.25) is 4.79 Å². The van der Waals surface area contributed by atoms with Gasteiger partial charge in [0.1, 0.15) is 0 Å². The van der Waals surface area contributed by atoms with E-state index in [2.05, 4.69) is 21.6 Å². The van der Waals surface area contributed by atoms with Crippen LogP contribution in [0.4, 0.5) is 0 Å². The van der Waals surface area contributed by atoms with Crippen LogP contribution in [0.2, 0.25) is 0 Å². The summed E-state index contributed by atoms with van der Waals surface area (Å²) in [6.45, 7) is 2.66. The highest BCUT2D eigenvalue weighted by Gasteiger charge is 2.07. The molecule has 0 unspecified atom stereocenters. The monoisotopic (exact) mass is 294 g/mol. The Kier molecular flexibility index (Phi) is 7.42. The third-order valence-electron chi connectivity index (χ3n) is 2.90. The van der Waals surface area contributed by atoms with E-state index >= 15 is 0 Å². The van der Waals surface area contributed by atoms with Gasteiger partial charge >= 0.3 is 5.97 Å². The van der Waals surface area contributed by atoms with Crippen molar-refractivity contribution >= 4 is 12.4 Å². The Hall–Kier alpha value is -1.92. The smallest absolute Gasteiger partial charge is 0.340 e. The summed E-state index contributed by atoms with van der Waals surface area (Å²) >= 11 is 0. The average Bonchev–Trinajstić information content (AvgIpc) is 2.46. The van der Waals surface area contributed by atoms with Gasteiger partial charge in [0.05, 0.1) is 5.56 Å². The van der Waals surface area contributed by atoms with Crippen LogP contribution in [0.3, 0.4) is 0 Å². The van der Waals surface area contributed by atoms with E-state index in [-0.39, 0.29) is 13.3 Å². The van der Waals surface area contributed by atoms with E-state index in [9.17, 15) is 9.59 Å². The van der Waals surface area contributed by atoms with Crippen LogP contribution in [0.1, 0.15) is 15.9 Å². The molecule has 1 aromatic carbocycles. The van der Waals surface area contributed by atoms with Crippen molar-refractivity contribution in [2.75, 3.05) is 41.0 Å². The molecule has 0 radical (unpaired) electrons. The molecule has 1 rings (SSSR count). The highest BCUT2D eigenvalue weighted by molar-refractivity contribution is 5.89. The van der Waals surface area contributed by atoms with Gasteiger partial charge in [0.15, 0.2) is 0 Å². The predicted molar refractivity (Wildman–Crippen MR) is 78.8 cm³/mol. The summed E-state index contributed by atoms with van der Waals surface area (Å²) in [7, 11) is 6.15. The van der Waals surface area contributed by atoms with E-state index < -0.39 is 5.97 Å². The summed E-state index contributed by atoms with van der Waals surface area (Å²) < 4.78 is 9.06. The molecule has 0 aliphatic heterocycles. The molecule has 116 valence electrons. The van der Waals surface area contributed by atoms with Crippen LogP contribution in [0.15, 0.2) is 24.3 Å². The van der Waals surface area contributed by atoms with Crippen molar-refractivity contribution in [1.82, 2.24) is 9.80 Å². The molecule has 0 aliphatic carbocycles. The highest BCUT2D eigenvalue weighted by Crippen LogP contribution is 2.08. The van der Waals surface area contributed by atoms with Gasteiger partial charge in [0.25, 0.3) is 6.47 Å². The maximum Gasteiger partial charge on any atom is 0.340 e. The first kappa shape index (κ1) is 17.1. The fourth-order valence-corrected chi connectivity index (χ4v) is 1.71. The number of nitrogens with zero attached hydrogens (tertiary/aromatic N) is 2. The van der Waals surface area contributed by atoms with Gasteiger partial charge in [-0.15, -0.1) is 0 Å². The Labute approximate surface area is 125 Å². The molecule has 0 atom stereocenters. The number of hydrogen-bond acceptors (Lipinski definition) is 6. The van der Waals surface area contributed by atoms with Gasteiger partial charge in [0.2, 0.25) is 6.79 Å². The van der Waals surface area contributed by atoms with Gasteiger partial charge in [0, 0.05) is 19.6 Å². The summed E-state index contributed by atoms with van der Waals surface area (Å²) in [5, 5.41) is 0. The maximum atomic E-state index is 11.6. The molecule has 0 fully saturated rings. The summed E-state index contributed by atoms with van der Waals surface area (Å²) in [5.41, 5.74) is 1.56. The summed E-state index contributed by atoms with van der Waals surface area (Å²) in [6.07, 6.45) is 0. The number of ether oxygens (including phenoxy) is 2. The maximum absolute atomic E-state index is 11.6. The Morgan fingerprint density at radius 3 is 2.38 bits per heavy atom. The topological polar surface area (TPSA) is 59.1 Å². The summed E-state index contributed by atoms with van der Waals surface area (Å²) in [5.74, 6) is -0.510. The van der Waals surface area contributed by atoms with Crippen LogP contribution in [-0.2, 0) is 20.8 Å². The van der Waals surface area contributed by atoms with E-state index in [1.807, 2.05) is 26.2 Å². The molecule has 0 aliphatic rings. The minimum absolute atomic E-state index is 0.236. The second kappa shape index (κ2) is 9.10. The van der Waals surface area contributed by atoms with Gasteiger partial charge in [-0.1, -0.05) is 12.1 Å². The lowest BCUT2D eigenvalue weighted by Crippen LogP contribution is -2.28. The fraction of sp³-hybridized carbons (Fsp3) is 0.467. The summed E-state index contributed by atoms with van der Waals surface area (Å²) in [4.78, 5) is 25.9. The van der Waals surface area contributed by atoms with Gasteiger partial charge in [-0.05, 0) is 38.8 Å². The number of benzene rings is 1. The third-order valence-corrected chi connectivity index (χ3v) is 2.90. The largest absolute Gasteiger partial charge is 0.430 e. The lowest BCUT2D eigenvalue weighted by atomic mass is 10.1. The molecule has 0 aromatic heterocycles. The molecule has 21 heavy (non-hydrogen) atoms. The third kappa shape index (κ3) is 6.87. The second-order valence-corrected chi connectivity index (χ2v) is 5.05. The number of carbonyl (C=O) groups excluding carboxylic acids is 2. The van der Waals surface area contributed by atoms with E-state index in [0.717, 1.165) is 25.2 Å². The normalized spacial score (nSPS) is 10.7. The Bertz CT molecular complexity index is 445. The highest BCUT2D eigenvalue weighted by atomic mass is 16.7. The number of esters is 1. The first-order valence-electron chi connectivity index (χ1n) is 6.67. The molecule has 0 amide bonds. The Balaban J connectivity index is 2.46. The quantitative estimate of drug-likeness (QED) is 0.293. The minimum atomic E-state index is -0.510. The van der Waals surface area contributed by atoms with Crippen molar-refractivity contribution in [3.8, 4) is 0 Å². The number of rotatable bonds is 9. The SMILES string of the molecule is CN(C)CCN(C)Cc1ccc(C(=O)OCOC=O)cc1. The molecule has 0 bridgehead atoms. The molecule has 0 N–H and O–H groups in total. The van der Waals surface area contributed by atoms with E-state index in [4.69, 9.17) is 4.74 Å². The van der Waals surface area contributed by atoms with Crippen molar-refractivity contribution in [3.63, 3.8) is 0 Å². The van der Waals surface area contributed by atoms with Crippen molar-refractivity contribution in [1.29, 1.82) is 0 Å². The summed E-state index contributed by atoms with van der Waals surface area (Å²) in [6, 6.07) is 7.20.